The SMILES string of the molecule is CCC(C)C(=O)OCCOCCOCCOCCOCCOCCOCCOCCO. The molecule has 0 saturated heterocycles. The number of rotatable bonds is 25. The molecule has 0 aliphatic carbocycles. The number of aliphatic hydroxyl groups excluding tert-OH is 1. The second-order valence-electron chi connectivity index (χ2n) is 6.49. The summed E-state index contributed by atoms with van der Waals surface area (Å²) in [4.78, 5) is 11.4. The van der Waals surface area contributed by atoms with Gasteiger partial charge in [-0.05, 0) is 6.42 Å². The van der Waals surface area contributed by atoms with Gasteiger partial charge in [0.05, 0.1) is 105 Å². The van der Waals surface area contributed by atoms with E-state index < -0.39 is 0 Å². The Hall–Kier alpha value is -0.850. The van der Waals surface area contributed by atoms with Crippen LogP contribution in [0.5, 0.6) is 0 Å². The zero-order chi connectivity index (χ0) is 22.8. The third-order valence-corrected chi connectivity index (χ3v) is 3.95. The minimum atomic E-state index is -0.182. The van der Waals surface area contributed by atoms with Crippen LogP contribution in [-0.4, -0.2) is 117 Å². The Morgan fingerprint density at radius 3 is 1.16 bits per heavy atom. The fourth-order valence-electron chi connectivity index (χ4n) is 2.00. The molecule has 0 bridgehead atoms. The van der Waals surface area contributed by atoms with E-state index in [0.717, 1.165) is 6.42 Å². The first-order valence-electron chi connectivity index (χ1n) is 11.0. The van der Waals surface area contributed by atoms with E-state index in [2.05, 4.69) is 0 Å². The number of ether oxygens (including phenoxy) is 8. The predicted molar refractivity (Wildman–Crippen MR) is 113 cm³/mol. The lowest BCUT2D eigenvalue weighted by Crippen LogP contribution is -2.18. The van der Waals surface area contributed by atoms with Gasteiger partial charge in [0.15, 0.2) is 0 Å². The van der Waals surface area contributed by atoms with Crippen LogP contribution >= 0.6 is 0 Å². The Morgan fingerprint density at radius 2 is 0.871 bits per heavy atom. The molecular formula is C21H42O10. The van der Waals surface area contributed by atoms with Crippen molar-refractivity contribution in [3.05, 3.63) is 0 Å². The lowest BCUT2D eigenvalue weighted by Gasteiger charge is -2.10. The summed E-state index contributed by atoms with van der Waals surface area (Å²) in [5.74, 6) is -0.249. The molecule has 0 radical (unpaired) electrons. The molecule has 0 aromatic heterocycles. The van der Waals surface area contributed by atoms with Gasteiger partial charge in [0.25, 0.3) is 0 Å². The maximum Gasteiger partial charge on any atom is 0.308 e. The number of aliphatic hydroxyl groups is 1. The fourth-order valence-corrected chi connectivity index (χ4v) is 2.00. The second kappa shape index (κ2) is 25.4. The van der Waals surface area contributed by atoms with Crippen LogP contribution in [0.25, 0.3) is 0 Å². The number of carbonyl (C=O) groups excluding carboxylic acids is 1. The van der Waals surface area contributed by atoms with E-state index >= 15 is 0 Å². The zero-order valence-corrected chi connectivity index (χ0v) is 19.2. The summed E-state index contributed by atoms with van der Waals surface area (Å²) in [5, 5.41) is 8.53. The molecule has 1 atom stereocenters. The average molecular weight is 455 g/mol. The molecule has 0 spiro atoms. The van der Waals surface area contributed by atoms with Gasteiger partial charge in [0, 0.05) is 0 Å². The zero-order valence-electron chi connectivity index (χ0n) is 19.2. The molecule has 0 fully saturated rings. The van der Waals surface area contributed by atoms with Gasteiger partial charge in [-0.1, -0.05) is 13.8 Å². The van der Waals surface area contributed by atoms with E-state index in [1.165, 1.54) is 0 Å². The second-order valence-corrected chi connectivity index (χ2v) is 6.49. The molecule has 0 aromatic rings. The van der Waals surface area contributed by atoms with Crippen LogP contribution in [0.15, 0.2) is 0 Å². The van der Waals surface area contributed by atoms with Crippen LogP contribution in [0.3, 0.4) is 0 Å². The van der Waals surface area contributed by atoms with Crippen molar-refractivity contribution in [2.45, 2.75) is 20.3 Å². The Kier molecular flexibility index (Phi) is 24.7. The Bertz CT molecular complexity index is 370. The Morgan fingerprint density at radius 1 is 0.581 bits per heavy atom. The van der Waals surface area contributed by atoms with Crippen molar-refractivity contribution in [3.63, 3.8) is 0 Å². The van der Waals surface area contributed by atoms with Gasteiger partial charge in [-0.25, -0.2) is 0 Å². The van der Waals surface area contributed by atoms with E-state index in [-0.39, 0.29) is 25.1 Å². The molecule has 0 heterocycles. The molecule has 1 N–H and O–H groups in total. The quantitative estimate of drug-likeness (QED) is 0.156. The molecule has 0 saturated carbocycles. The molecule has 0 aliphatic rings. The standard InChI is InChI=1S/C21H42O10/c1-3-20(2)21(23)31-19-18-30-17-16-29-15-14-28-13-12-27-11-10-26-9-8-25-7-6-24-5-4-22/h20,22H,3-19H2,1-2H3. The van der Waals surface area contributed by atoms with Crippen LogP contribution < -0.4 is 0 Å². The van der Waals surface area contributed by atoms with Crippen LogP contribution in [-0.2, 0) is 42.7 Å². The molecule has 186 valence electrons. The topological polar surface area (TPSA) is 111 Å². The monoisotopic (exact) mass is 454 g/mol. The first-order chi connectivity index (χ1) is 15.2. The van der Waals surface area contributed by atoms with Crippen molar-refractivity contribution < 1.29 is 47.8 Å². The van der Waals surface area contributed by atoms with Gasteiger partial charge in [0.1, 0.15) is 6.61 Å². The highest BCUT2D eigenvalue weighted by molar-refractivity contribution is 5.71. The maximum atomic E-state index is 11.4. The van der Waals surface area contributed by atoms with Gasteiger partial charge in [0.2, 0.25) is 0 Å². The van der Waals surface area contributed by atoms with Crippen LogP contribution in [0.2, 0.25) is 0 Å². The van der Waals surface area contributed by atoms with Crippen LogP contribution in [0, 0.1) is 5.92 Å². The first kappa shape index (κ1) is 30.1. The van der Waals surface area contributed by atoms with Crippen molar-refractivity contribution in [1.82, 2.24) is 0 Å². The van der Waals surface area contributed by atoms with Gasteiger partial charge < -0.3 is 43.0 Å². The molecule has 10 heteroatoms. The third-order valence-electron chi connectivity index (χ3n) is 3.95. The number of esters is 1. The van der Waals surface area contributed by atoms with Crippen LogP contribution in [0.1, 0.15) is 20.3 Å². The van der Waals surface area contributed by atoms with Crippen molar-refractivity contribution in [2.75, 3.05) is 106 Å². The molecule has 0 aliphatic heterocycles. The first-order valence-corrected chi connectivity index (χ1v) is 11.0. The van der Waals surface area contributed by atoms with E-state index in [4.69, 9.17) is 43.0 Å². The van der Waals surface area contributed by atoms with E-state index in [1.54, 1.807) is 0 Å². The molecule has 0 aromatic carbocycles. The molecule has 0 amide bonds. The summed E-state index contributed by atoms with van der Waals surface area (Å²) >= 11 is 0. The summed E-state index contributed by atoms with van der Waals surface area (Å²) in [6, 6.07) is 0. The fraction of sp³-hybridized carbons (Fsp3) is 0.952. The Balaban J connectivity index is 3.07. The number of hydrogen-bond acceptors (Lipinski definition) is 10. The van der Waals surface area contributed by atoms with Crippen molar-refractivity contribution >= 4 is 5.97 Å². The highest BCUT2D eigenvalue weighted by Crippen LogP contribution is 2.02. The van der Waals surface area contributed by atoms with Crippen molar-refractivity contribution in [3.8, 4) is 0 Å². The summed E-state index contributed by atoms with van der Waals surface area (Å²) in [6.45, 7) is 10.7. The van der Waals surface area contributed by atoms with Crippen molar-refractivity contribution in [1.29, 1.82) is 0 Å². The lowest BCUT2D eigenvalue weighted by molar-refractivity contribution is -0.149. The van der Waals surface area contributed by atoms with Gasteiger partial charge in [-0.15, -0.1) is 0 Å². The maximum absolute atomic E-state index is 11.4. The summed E-state index contributed by atoms with van der Waals surface area (Å²) in [6.07, 6.45) is 0.775. The normalized spacial score (nSPS) is 12.2. The smallest absolute Gasteiger partial charge is 0.308 e. The van der Waals surface area contributed by atoms with Gasteiger partial charge in [-0.2, -0.15) is 0 Å². The third kappa shape index (κ3) is 23.6. The lowest BCUT2D eigenvalue weighted by atomic mass is 10.1. The molecule has 10 nitrogen and oxygen atoms in total. The van der Waals surface area contributed by atoms with Crippen LogP contribution in [0.4, 0.5) is 0 Å². The Labute approximate surface area is 186 Å². The highest BCUT2D eigenvalue weighted by Gasteiger charge is 2.10. The average Bonchev–Trinajstić information content (AvgIpc) is 2.78. The van der Waals surface area contributed by atoms with Gasteiger partial charge in [-0.3, -0.25) is 4.79 Å². The largest absolute Gasteiger partial charge is 0.463 e. The summed E-state index contributed by atoms with van der Waals surface area (Å²) in [5.41, 5.74) is 0. The summed E-state index contributed by atoms with van der Waals surface area (Å²) < 4.78 is 42.3. The van der Waals surface area contributed by atoms with E-state index in [9.17, 15) is 4.79 Å². The van der Waals surface area contributed by atoms with E-state index in [0.29, 0.717) is 92.5 Å². The minimum absolute atomic E-state index is 0.0261. The minimum Gasteiger partial charge on any atom is -0.463 e. The molecule has 0 rings (SSSR count). The van der Waals surface area contributed by atoms with E-state index in [1.807, 2.05) is 13.8 Å². The number of hydrogen-bond donors (Lipinski definition) is 1. The summed E-state index contributed by atoms with van der Waals surface area (Å²) in [7, 11) is 0. The molecular weight excluding hydrogens is 412 g/mol. The number of carbonyl (C=O) groups is 1. The van der Waals surface area contributed by atoms with Crippen molar-refractivity contribution in [2.24, 2.45) is 5.92 Å². The predicted octanol–water partition coefficient (Wildman–Crippen LogP) is 0.684. The molecule has 31 heavy (non-hydrogen) atoms. The molecule has 1 unspecified atom stereocenters. The highest BCUT2D eigenvalue weighted by atomic mass is 16.6. The van der Waals surface area contributed by atoms with Gasteiger partial charge >= 0.3 is 5.97 Å².